The zero-order valence-electron chi connectivity index (χ0n) is 9.87. The van der Waals surface area contributed by atoms with Crippen molar-refractivity contribution in [1.29, 1.82) is 0 Å². The standard InChI is InChI=1S/C11H9N3O5/c1-2-3-6-12-11(15)9-5-4-8(13(16)17)7-10(9)14(18)19/h4-5,7H,6H2,1H3,(H,12,15). The van der Waals surface area contributed by atoms with Crippen LogP contribution in [0.3, 0.4) is 0 Å². The van der Waals surface area contributed by atoms with Crippen molar-refractivity contribution in [3.05, 3.63) is 44.0 Å². The van der Waals surface area contributed by atoms with E-state index in [1.165, 1.54) is 0 Å². The van der Waals surface area contributed by atoms with Crippen molar-refractivity contribution in [1.82, 2.24) is 5.32 Å². The van der Waals surface area contributed by atoms with Crippen LogP contribution < -0.4 is 5.32 Å². The molecular weight excluding hydrogens is 254 g/mol. The molecule has 1 aromatic carbocycles. The molecule has 8 heteroatoms. The van der Waals surface area contributed by atoms with Crippen molar-refractivity contribution < 1.29 is 14.6 Å². The van der Waals surface area contributed by atoms with Gasteiger partial charge in [0, 0.05) is 6.07 Å². The Balaban J connectivity index is 3.11. The maximum Gasteiger partial charge on any atom is 0.289 e. The molecule has 0 aromatic heterocycles. The number of nitrogens with one attached hydrogen (secondary N) is 1. The van der Waals surface area contributed by atoms with Crippen molar-refractivity contribution in [2.75, 3.05) is 6.54 Å². The van der Waals surface area contributed by atoms with Crippen molar-refractivity contribution >= 4 is 17.3 Å². The van der Waals surface area contributed by atoms with Crippen molar-refractivity contribution in [3.63, 3.8) is 0 Å². The van der Waals surface area contributed by atoms with Gasteiger partial charge in [-0.3, -0.25) is 25.0 Å². The summed E-state index contributed by atoms with van der Waals surface area (Å²) in [5, 5.41) is 23.7. The Morgan fingerprint density at radius 3 is 2.53 bits per heavy atom. The molecule has 0 aliphatic rings. The topological polar surface area (TPSA) is 115 Å². The Morgan fingerprint density at radius 2 is 2.00 bits per heavy atom. The van der Waals surface area contributed by atoms with E-state index >= 15 is 0 Å². The minimum atomic E-state index is -0.840. The quantitative estimate of drug-likeness (QED) is 0.498. The first-order chi connectivity index (χ1) is 8.97. The third-order valence-electron chi connectivity index (χ3n) is 2.15. The van der Waals surface area contributed by atoms with Gasteiger partial charge in [0.15, 0.2) is 0 Å². The van der Waals surface area contributed by atoms with Gasteiger partial charge in [0.1, 0.15) is 5.56 Å². The van der Waals surface area contributed by atoms with E-state index in [1.54, 1.807) is 6.92 Å². The molecule has 0 atom stereocenters. The maximum absolute atomic E-state index is 11.7. The largest absolute Gasteiger partial charge is 0.341 e. The Labute approximate surface area is 107 Å². The lowest BCUT2D eigenvalue weighted by atomic mass is 10.1. The summed E-state index contributed by atoms with van der Waals surface area (Å²) in [4.78, 5) is 31.4. The predicted octanol–water partition coefficient (Wildman–Crippen LogP) is 1.26. The highest BCUT2D eigenvalue weighted by Gasteiger charge is 2.23. The maximum atomic E-state index is 11.7. The SMILES string of the molecule is CC#CCNC(=O)c1ccc([N+](=O)[O-])cc1[N+](=O)[O-]. The van der Waals surface area contributed by atoms with E-state index in [4.69, 9.17) is 0 Å². The summed E-state index contributed by atoms with van der Waals surface area (Å²) in [6.07, 6.45) is 0. The first-order valence-electron chi connectivity index (χ1n) is 5.08. The van der Waals surface area contributed by atoms with Crippen molar-refractivity contribution in [2.45, 2.75) is 6.92 Å². The highest BCUT2D eigenvalue weighted by molar-refractivity contribution is 5.98. The zero-order chi connectivity index (χ0) is 14.4. The summed E-state index contributed by atoms with van der Waals surface area (Å²) in [7, 11) is 0. The summed E-state index contributed by atoms with van der Waals surface area (Å²) in [5.41, 5.74) is -1.30. The third-order valence-corrected chi connectivity index (χ3v) is 2.15. The molecule has 1 amide bonds. The van der Waals surface area contributed by atoms with Crippen LogP contribution in [0.4, 0.5) is 11.4 Å². The van der Waals surface area contributed by atoms with E-state index in [-0.39, 0.29) is 12.1 Å². The van der Waals surface area contributed by atoms with Gasteiger partial charge in [-0.2, -0.15) is 0 Å². The number of hydrogen-bond donors (Lipinski definition) is 1. The molecule has 0 heterocycles. The molecule has 98 valence electrons. The number of benzene rings is 1. The molecule has 1 N–H and O–H groups in total. The van der Waals surface area contributed by atoms with Crippen LogP contribution in [-0.4, -0.2) is 22.3 Å². The molecule has 0 bridgehead atoms. The Bertz CT molecular complexity index is 600. The van der Waals surface area contributed by atoms with Crippen molar-refractivity contribution in [3.8, 4) is 11.8 Å². The molecule has 19 heavy (non-hydrogen) atoms. The van der Waals surface area contributed by atoms with Crippen LogP contribution >= 0.6 is 0 Å². The number of carbonyl (C=O) groups excluding carboxylic acids is 1. The van der Waals surface area contributed by atoms with Gasteiger partial charge >= 0.3 is 0 Å². The summed E-state index contributed by atoms with van der Waals surface area (Å²) in [6, 6.07) is 2.83. The average molecular weight is 263 g/mol. The van der Waals surface area contributed by atoms with Crippen LogP contribution in [0.25, 0.3) is 0 Å². The van der Waals surface area contributed by atoms with E-state index in [0.29, 0.717) is 0 Å². The monoisotopic (exact) mass is 263 g/mol. The van der Waals surface area contributed by atoms with Crippen LogP contribution in [0.15, 0.2) is 18.2 Å². The minimum absolute atomic E-state index is 0.0451. The normalized spacial score (nSPS) is 9.11. The van der Waals surface area contributed by atoms with Crippen molar-refractivity contribution in [2.24, 2.45) is 0 Å². The molecule has 0 saturated heterocycles. The second kappa shape index (κ2) is 6.11. The third kappa shape index (κ3) is 3.50. The number of amides is 1. The second-order valence-corrected chi connectivity index (χ2v) is 3.33. The first kappa shape index (κ1) is 14.1. The number of nitrogens with zero attached hydrogens (tertiary/aromatic N) is 2. The average Bonchev–Trinajstić information content (AvgIpc) is 2.38. The molecule has 1 aromatic rings. The molecule has 0 aliphatic carbocycles. The Morgan fingerprint density at radius 1 is 1.32 bits per heavy atom. The molecular formula is C11H9N3O5. The van der Waals surface area contributed by atoms with Gasteiger partial charge in [-0.25, -0.2) is 0 Å². The van der Waals surface area contributed by atoms with Crippen LogP contribution in [0, 0.1) is 32.1 Å². The van der Waals surface area contributed by atoms with Crippen LogP contribution in [-0.2, 0) is 0 Å². The van der Waals surface area contributed by atoms with Gasteiger partial charge < -0.3 is 5.32 Å². The predicted molar refractivity (Wildman–Crippen MR) is 65.5 cm³/mol. The number of hydrogen-bond acceptors (Lipinski definition) is 5. The van der Waals surface area contributed by atoms with E-state index in [0.717, 1.165) is 18.2 Å². The Hall–Kier alpha value is -2.95. The molecule has 0 spiro atoms. The summed E-state index contributed by atoms with van der Waals surface area (Å²) in [6.45, 7) is 1.63. The molecule has 0 aliphatic heterocycles. The number of non-ortho nitro benzene ring substituents is 1. The smallest absolute Gasteiger partial charge is 0.289 e. The van der Waals surface area contributed by atoms with Gasteiger partial charge in [0.2, 0.25) is 0 Å². The lowest BCUT2D eigenvalue weighted by molar-refractivity contribution is -0.394. The minimum Gasteiger partial charge on any atom is -0.341 e. The summed E-state index contributed by atoms with van der Waals surface area (Å²) in [5.74, 6) is 4.41. The molecule has 8 nitrogen and oxygen atoms in total. The number of nitro groups is 2. The lowest BCUT2D eigenvalue weighted by Gasteiger charge is -2.02. The van der Waals surface area contributed by atoms with Gasteiger partial charge in [-0.1, -0.05) is 5.92 Å². The second-order valence-electron chi connectivity index (χ2n) is 3.33. The molecule has 0 saturated carbocycles. The molecule has 1 rings (SSSR count). The molecule has 0 unspecified atom stereocenters. The van der Waals surface area contributed by atoms with E-state index in [2.05, 4.69) is 17.2 Å². The van der Waals surface area contributed by atoms with Gasteiger partial charge in [-0.05, 0) is 13.0 Å². The van der Waals surface area contributed by atoms with Crippen LogP contribution in [0.2, 0.25) is 0 Å². The Kier molecular flexibility index (Phi) is 4.54. The number of rotatable bonds is 4. The highest BCUT2D eigenvalue weighted by Crippen LogP contribution is 2.24. The van der Waals surface area contributed by atoms with E-state index in [9.17, 15) is 25.0 Å². The summed E-state index contributed by atoms with van der Waals surface area (Å²) < 4.78 is 0. The fourth-order valence-electron chi connectivity index (χ4n) is 1.28. The number of carbonyl (C=O) groups is 1. The zero-order valence-corrected chi connectivity index (χ0v) is 9.87. The van der Waals surface area contributed by atoms with Gasteiger partial charge in [-0.15, -0.1) is 5.92 Å². The summed E-state index contributed by atoms with van der Waals surface area (Å²) >= 11 is 0. The number of nitro benzene ring substituents is 2. The molecule has 0 radical (unpaired) electrons. The fraction of sp³-hybridized carbons (Fsp3) is 0.182. The lowest BCUT2D eigenvalue weighted by Crippen LogP contribution is -2.24. The van der Waals surface area contributed by atoms with Crippen LogP contribution in [0.1, 0.15) is 17.3 Å². The van der Waals surface area contributed by atoms with E-state index < -0.39 is 27.1 Å². The first-order valence-corrected chi connectivity index (χ1v) is 5.08. The van der Waals surface area contributed by atoms with E-state index in [1.807, 2.05) is 0 Å². The van der Waals surface area contributed by atoms with Crippen LogP contribution in [0.5, 0.6) is 0 Å². The highest BCUT2D eigenvalue weighted by atomic mass is 16.6. The van der Waals surface area contributed by atoms with Gasteiger partial charge in [0.25, 0.3) is 17.3 Å². The molecule has 0 fully saturated rings. The fourth-order valence-corrected chi connectivity index (χ4v) is 1.28. The van der Waals surface area contributed by atoms with Gasteiger partial charge in [0.05, 0.1) is 22.5 Å².